The number of carbonyl (C=O) groups excluding carboxylic acids is 2. The highest BCUT2D eigenvalue weighted by Crippen LogP contribution is 2.23. The van der Waals surface area contributed by atoms with Crippen molar-refractivity contribution in [1.29, 1.82) is 0 Å². The minimum atomic E-state index is -0.634. The zero-order valence-corrected chi connectivity index (χ0v) is 12.2. The van der Waals surface area contributed by atoms with Gasteiger partial charge in [-0.3, -0.25) is 9.59 Å². The van der Waals surface area contributed by atoms with E-state index in [0.29, 0.717) is 16.6 Å². The Morgan fingerprint density at radius 3 is 2.40 bits per heavy atom. The maximum atomic E-state index is 11.9. The van der Waals surface area contributed by atoms with Gasteiger partial charge in [-0.05, 0) is 43.0 Å². The molecule has 1 fully saturated rings. The van der Waals surface area contributed by atoms with Crippen LogP contribution in [0.4, 0.5) is 5.69 Å². The summed E-state index contributed by atoms with van der Waals surface area (Å²) in [5.41, 5.74) is 0.561. The second-order valence-electron chi connectivity index (χ2n) is 5.30. The van der Waals surface area contributed by atoms with Crippen LogP contribution in [0.2, 0.25) is 5.02 Å². The molecule has 2 N–H and O–H groups in total. The van der Waals surface area contributed by atoms with Gasteiger partial charge in [-0.25, -0.2) is 0 Å². The van der Waals surface area contributed by atoms with E-state index in [9.17, 15) is 9.59 Å². The van der Waals surface area contributed by atoms with Gasteiger partial charge in [-0.1, -0.05) is 31.4 Å². The van der Waals surface area contributed by atoms with E-state index in [4.69, 9.17) is 11.6 Å². The average Bonchev–Trinajstić information content (AvgIpc) is 2.44. The Balaban J connectivity index is 1.88. The third-order valence-electron chi connectivity index (χ3n) is 3.74. The van der Waals surface area contributed by atoms with Crippen molar-refractivity contribution in [2.24, 2.45) is 5.92 Å². The van der Waals surface area contributed by atoms with E-state index < -0.39 is 11.8 Å². The molecule has 1 aromatic rings. The van der Waals surface area contributed by atoms with Gasteiger partial charge in [0.25, 0.3) is 0 Å². The Kier molecular flexibility index (Phi) is 5.01. The predicted molar refractivity (Wildman–Crippen MR) is 79.6 cm³/mol. The van der Waals surface area contributed by atoms with Gasteiger partial charge in [-0.15, -0.1) is 0 Å². The number of anilines is 1. The second-order valence-corrected chi connectivity index (χ2v) is 5.74. The third kappa shape index (κ3) is 3.97. The van der Waals surface area contributed by atoms with E-state index in [0.717, 1.165) is 19.3 Å². The number of benzene rings is 1. The molecule has 108 valence electrons. The summed E-state index contributed by atoms with van der Waals surface area (Å²) < 4.78 is 0. The van der Waals surface area contributed by atoms with E-state index >= 15 is 0 Å². The lowest BCUT2D eigenvalue weighted by atomic mass is 9.86. The summed E-state index contributed by atoms with van der Waals surface area (Å²) >= 11 is 5.76. The minimum absolute atomic E-state index is 0.104. The van der Waals surface area contributed by atoms with Crippen LogP contribution in [0.15, 0.2) is 24.3 Å². The molecule has 1 aromatic carbocycles. The van der Waals surface area contributed by atoms with Crippen LogP contribution in [0.5, 0.6) is 0 Å². The van der Waals surface area contributed by atoms with Crippen molar-refractivity contribution in [2.45, 2.75) is 38.6 Å². The van der Waals surface area contributed by atoms with Crippen LogP contribution in [0.25, 0.3) is 0 Å². The summed E-state index contributed by atoms with van der Waals surface area (Å²) in [5.74, 6) is -0.778. The highest BCUT2D eigenvalue weighted by molar-refractivity contribution is 6.39. The maximum absolute atomic E-state index is 11.9. The number of carbonyl (C=O) groups is 2. The van der Waals surface area contributed by atoms with Gasteiger partial charge in [0.05, 0.1) is 0 Å². The molecule has 4 nitrogen and oxygen atoms in total. The molecule has 1 aliphatic carbocycles. The van der Waals surface area contributed by atoms with Crippen molar-refractivity contribution in [3.05, 3.63) is 29.3 Å². The number of nitrogens with one attached hydrogen (secondary N) is 2. The van der Waals surface area contributed by atoms with E-state index in [1.54, 1.807) is 24.3 Å². The Morgan fingerprint density at radius 2 is 1.75 bits per heavy atom. The highest BCUT2D eigenvalue weighted by atomic mass is 35.5. The molecule has 0 spiro atoms. The number of amides is 2. The van der Waals surface area contributed by atoms with Gasteiger partial charge in [0.1, 0.15) is 0 Å². The molecular weight excluding hydrogens is 276 g/mol. The first-order valence-electron chi connectivity index (χ1n) is 6.93. The lowest BCUT2D eigenvalue weighted by molar-refractivity contribution is -0.137. The molecule has 2 amide bonds. The standard InChI is InChI=1S/C15H19ClN2O2/c1-10-4-2-3-5-13(10)18-15(20)14(19)17-12-8-6-11(16)7-9-12/h6-10,13H,2-5H2,1H3,(H,17,19)(H,18,20)/t10-,13+/m1/s1. The van der Waals surface area contributed by atoms with Gasteiger partial charge in [0.2, 0.25) is 0 Å². The molecule has 1 saturated carbocycles. The van der Waals surface area contributed by atoms with Gasteiger partial charge in [0.15, 0.2) is 0 Å². The van der Waals surface area contributed by atoms with E-state index in [-0.39, 0.29) is 6.04 Å². The van der Waals surface area contributed by atoms with Crippen molar-refractivity contribution in [3.8, 4) is 0 Å². The first-order valence-corrected chi connectivity index (χ1v) is 7.31. The molecule has 0 saturated heterocycles. The van der Waals surface area contributed by atoms with Crippen molar-refractivity contribution < 1.29 is 9.59 Å². The fraction of sp³-hybridized carbons (Fsp3) is 0.467. The summed E-state index contributed by atoms with van der Waals surface area (Å²) in [4.78, 5) is 23.7. The predicted octanol–water partition coefficient (Wildman–Crippen LogP) is 2.97. The molecule has 0 bridgehead atoms. The van der Waals surface area contributed by atoms with Crippen LogP contribution in [0.1, 0.15) is 32.6 Å². The molecule has 0 aliphatic heterocycles. The zero-order chi connectivity index (χ0) is 14.5. The van der Waals surface area contributed by atoms with Crippen molar-refractivity contribution in [1.82, 2.24) is 5.32 Å². The first-order chi connectivity index (χ1) is 9.56. The molecule has 5 heteroatoms. The second kappa shape index (κ2) is 6.75. The Hall–Kier alpha value is -1.55. The van der Waals surface area contributed by atoms with E-state index in [1.165, 1.54) is 6.42 Å². The SMILES string of the molecule is C[C@@H]1CCCC[C@@H]1NC(=O)C(=O)Nc1ccc(Cl)cc1. The normalized spacial score (nSPS) is 22.1. The largest absolute Gasteiger partial charge is 0.345 e. The fourth-order valence-corrected chi connectivity index (χ4v) is 2.61. The summed E-state index contributed by atoms with van der Waals surface area (Å²) in [6, 6.07) is 6.76. The van der Waals surface area contributed by atoms with Crippen LogP contribution in [0.3, 0.4) is 0 Å². The van der Waals surface area contributed by atoms with E-state index in [2.05, 4.69) is 17.6 Å². The summed E-state index contributed by atoms with van der Waals surface area (Å²) in [5, 5.41) is 5.97. The zero-order valence-electron chi connectivity index (χ0n) is 11.5. The Bertz CT molecular complexity index is 487. The molecule has 2 rings (SSSR count). The van der Waals surface area contributed by atoms with Crippen LogP contribution in [-0.2, 0) is 9.59 Å². The van der Waals surface area contributed by atoms with Crippen LogP contribution in [0, 0.1) is 5.92 Å². The lowest BCUT2D eigenvalue weighted by Crippen LogP contribution is -2.45. The van der Waals surface area contributed by atoms with Crippen molar-refractivity contribution in [3.63, 3.8) is 0 Å². The molecule has 2 atom stereocenters. The Labute approximate surface area is 123 Å². The molecule has 0 radical (unpaired) electrons. The monoisotopic (exact) mass is 294 g/mol. The molecule has 0 heterocycles. The maximum Gasteiger partial charge on any atom is 0.313 e. The third-order valence-corrected chi connectivity index (χ3v) is 3.99. The van der Waals surface area contributed by atoms with Crippen molar-refractivity contribution >= 4 is 29.1 Å². The number of rotatable bonds is 2. The summed E-state index contributed by atoms with van der Waals surface area (Å²) in [6.07, 6.45) is 4.35. The van der Waals surface area contributed by atoms with Gasteiger partial charge < -0.3 is 10.6 Å². The van der Waals surface area contributed by atoms with Crippen LogP contribution < -0.4 is 10.6 Å². The first kappa shape index (κ1) is 14.9. The fourth-order valence-electron chi connectivity index (χ4n) is 2.49. The number of hydrogen-bond donors (Lipinski definition) is 2. The van der Waals surface area contributed by atoms with Gasteiger partial charge >= 0.3 is 11.8 Å². The minimum Gasteiger partial charge on any atom is -0.345 e. The summed E-state index contributed by atoms with van der Waals surface area (Å²) in [7, 11) is 0. The number of halogens is 1. The van der Waals surface area contributed by atoms with Crippen LogP contribution in [-0.4, -0.2) is 17.9 Å². The number of hydrogen-bond acceptors (Lipinski definition) is 2. The van der Waals surface area contributed by atoms with Gasteiger partial charge in [0, 0.05) is 16.8 Å². The Morgan fingerprint density at radius 1 is 1.10 bits per heavy atom. The molecule has 20 heavy (non-hydrogen) atoms. The quantitative estimate of drug-likeness (QED) is 0.824. The molecule has 1 aliphatic rings. The molecule has 0 aromatic heterocycles. The van der Waals surface area contributed by atoms with Gasteiger partial charge in [-0.2, -0.15) is 0 Å². The van der Waals surface area contributed by atoms with Crippen LogP contribution >= 0.6 is 11.6 Å². The molecule has 0 unspecified atom stereocenters. The average molecular weight is 295 g/mol. The lowest BCUT2D eigenvalue weighted by Gasteiger charge is -2.29. The van der Waals surface area contributed by atoms with Crippen molar-refractivity contribution in [2.75, 3.05) is 5.32 Å². The smallest absolute Gasteiger partial charge is 0.313 e. The summed E-state index contributed by atoms with van der Waals surface area (Å²) in [6.45, 7) is 2.11. The van der Waals surface area contributed by atoms with E-state index in [1.807, 2.05) is 0 Å². The topological polar surface area (TPSA) is 58.2 Å². The molecular formula is C15H19ClN2O2. The highest BCUT2D eigenvalue weighted by Gasteiger charge is 2.25.